The Morgan fingerprint density at radius 3 is 2.27 bits per heavy atom. The van der Waals surface area contributed by atoms with Crippen molar-refractivity contribution in [1.29, 1.82) is 0 Å². The summed E-state index contributed by atoms with van der Waals surface area (Å²) in [6, 6.07) is 6.80. The van der Waals surface area contributed by atoms with Crippen LogP contribution in [0.5, 0.6) is 5.75 Å². The Labute approximate surface area is 162 Å². The van der Waals surface area contributed by atoms with E-state index in [-0.39, 0.29) is 17.0 Å². The smallest absolute Gasteiger partial charge is 0.416 e. The van der Waals surface area contributed by atoms with Gasteiger partial charge in [0.25, 0.3) is 5.91 Å². The molecule has 0 atom stereocenters. The lowest BCUT2D eigenvalue weighted by Gasteiger charge is -2.12. The van der Waals surface area contributed by atoms with Gasteiger partial charge < -0.3 is 15.2 Å². The summed E-state index contributed by atoms with van der Waals surface area (Å²) < 4.78 is 43.9. The fourth-order valence-electron chi connectivity index (χ4n) is 1.93. The van der Waals surface area contributed by atoms with Crippen molar-refractivity contribution < 1.29 is 32.6 Å². The molecule has 2 N–H and O–H groups in total. The zero-order valence-electron chi connectivity index (χ0n) is 12.7. The number of ether oxygens (including phenoxy) is 1. The molecule has 0 unspecified atom stereocenters. The van der Waals surface area contributed by atoms with Gasteiger partial charge in [-0.2, -0.15) is 13.2 Å². The zero-order chi connectivity index (χ0) is 19.5. The van der Waals surface area contributed by atoms with Gasteiger partial charge in [-0.1, -0.05) is 6.07 Å². The first-order valence-electron chi connectivity index (χ1n) is 6.90. The fraction of sp³-hybridized carbons (Fsp3) is 0.125. The number of hydrogen-bond acceptors (Lipinski definition) is 3. The number of benzene rings is 2. The number of aromatic carboxylic acids is 1. The molecule has 0 saturated carbocycles. The van der Waals surface area contributed by atoms with Gasteiger partial charge >= 0.3 is 12.1 Å². The third-order valence-electron chi connectivity index (χ3n) is 3.07. The minimum absolute atomic E-state index is 0.00418. The maximum atomic E-state index is 12.7. The molecule has 0 fully saturated rings. The molecule has 0 aliphatic rings. The number of carboxylic acid groups (broad SMARTS) is 1. The molecule has 2 rings (SSSR count). The van der Waals surface area contributed by atoms with Gasteiger partial charge in [-0.05, 0) is 62.2 Å². The van der Waals surface area contributed by atoms with Crippen molar-refractivity contribution in [3.05, 3.63) is 56.5 Å². The second-order valence-electron chi connectivity index (χ2n) is 4.99. The number of amides is 1. The van der Waals surface area contributed by atoms with E-state index in [1.165, 1.54) is 24.3 Å². The summed E-state index contributed by atoms with van der Waals surface area (Å²) in [6.07, 6.45) is -4.52. The number of carbonyl (C=O) groups is 2. The summed E-state index contributed by atoms with van der Waals surface area (Å²) in [6.45, 7) is -0.486. The van der Waals surface area contributed by atoms with Crippen LogP contribution >= 0.6 is 31.9 Å². The third kappa shape index (κ3) is 5.21. The van der Waals surface area contributed by atoms with Crippen LogP contribution in [0, 0.1) is 0 Å². The molecule has 0 spiro atoms. The van der Waals surface area contributed by atoms with E-state index < -0.39 is 30.2 Å². The number of alkyl halides is 3. The second-order valence-corrected chi connectivity index (χ2v) is 6.70. The van der Waals surface area contributed by atoms with Crippen molar-refractivity contribution in [3.8, 4) is 5.75 Å². The van der Waals surface area contributed by atoms with Crippen LogP contribution < -0.4 is 10.1 Å². The average molecular weight is 497 g/mol. The highest BCUT2D eigenvalue weighted by Gasteiger charge is 2.30. The van der Waals surface area contributed by atoms with Crippen molar-refractivity contribution >= 4 is 49.4 Å². The maximum Gasteiger partial charge on any atom is 0.416 e. The first kappa shape index (κ1) is 20.2. The Bertz CT molecular complexity index is 833. The van der Waals surface area contributed by atoms with E-state index in [1.54, 1.807) is 0 Å². The van der Waals surface area contributed by atoms with Crippen molar-refractivity contribution in [2.24, 2.45) is 0 Å². The van der Waals surface area contributed by atoms with Crippen LogP contribution in [0.4, 0.5) is 18.9 Å². The quantitative estimate of drug-likeness (QED) is 0.614. The molecule has 0 aliphatic heterocycles. The van der Waals surface area contributed by atoms with E-state index in [2.05, 4.69) is 37.2 Å². The van der Waals surface area contributed by atoms with Gasteiger partial charge in [0.05, 0.1) is 20.1 Å². The van der Waals surface area contributed by atoms with Gasteiger partial charge in [-0.3, -0.25) is 4.79 Å². The maximum absolute atomic E-state index is 12.7. The number of hydrogen-bond donors (Lipinski definition) is 2. The van der Waals surface area contributed by atoms with E-state index in [9.17, 15) is 22.8 Å². The zero-order valence-corrected chi connectivity index (χ0v) is 15.9. The van der Waals surface area contributed by atoms with Crippen LogP contribution in [-0.2, 0) is 11.0 Å². The number of carboxylic acids is 1. The predicted octanol–water partition coefficient (Wildman–Crippen LogP) is 4.95. The van der Waals surface area contributed by atoms with Crippen molar-refractivity contribution in [2.75, 3.05) is 11.9 Å². The highest BCUT2D eigenvalue weighted by Crippen LogP contribution is 2.35. The fourth-order valence-corrected chi connectivity index (χ4v) is 3.34. The largest absolute Gasteiger partial charge is 0.481 e. The van der Waals surface area contributed by atoms with Crippen LogP contribution in [0.15, 0.2) is 45.3 Å². The monoisotopic (exact) mass is 495 g/mol. The summed E-state index contributed by atoms with van der Waals surface area (Å²) in [7, 11) is 0. The predicted molar refractivity (Wildman–Crippen MR) is 94.4 cm³/mol. The molecule has 1 amide bonds. The molecule has 0 saturated heterocycles. The Balaban J connectivity index is 2.05. The molecule has 0 radical (unpaired) electrons. The number of anilines is 1. The highest BCUT2D eigenvalue weighted by molar-refractivity contribution is 9.11. The van der Waals surface area contributed by atoms with Crippen LogP contribution in [0.1, 0.15) is 15.9 Å². The summed E-state index contributed by atoms with van der Waals surface area (Å²) in [5, 5.41) is 11.3. The molecule has 2 aromatic rings. The molecular formula is C16H10Br2F3NO4. The number of carbonyl (C=O) groups excluding carboxylic acids is 1. The molecule has 0 aromatic heterocycles. The van der Waals surface area contributed by atoms with Gasteiger partial charge in [0.2, 0.25) is 0 Å². The van der Waals surface area contributed by atoms with Crippen LogP contribution in [0.25, 0.3) is 0 Å². The van der Waals surface area contributed by atoms with Crippen LogP contribution in [0.3, 0.4) is 0 Å². The Morgan fingerprint density at radius 1 is 1.12 bits per heavy atom. The number of halogens is 5. The molecule has 2 aromatic carbocycles. The third-order valence-corrected chi connectivity index (χ3v) is 4.24. The molecular weight excluding hydrogens is 487 g/mol. The second kappa shape index (κ2) is 8.09. The van der Waals surface area contributed by atoms with Crippen molar-refractivity contribution in [1.82, 2.24) is 0 Å². The highest BCUT2D eigenvalue weighted by atomic mass is 79.9. The van der Waals surface area contributed by atoms with E-state index in [1.807, 2.05) is 0 Å². The first-order chi connectivity index (χ1) is 12.1. The lowest BCUT2D eigenvalue weighted by molar-refractivity contribution is -0.137. The van der Waals surface area contributed by atoms with E-state index in [4.69, 9.17) is 9.84 Å². The van der Waals surface area contributed by atoms with Crippen LogP contribution in [0.2, 0.25) is 0 Å². The molecule has 0 aliphatic carbocycles. The van der Waals surface area contributed by atoms with E-state index in [0.717, 1.165) is 12.1 Å². The molecule has 0 bridgehead atoms. The van der Waals surface area contributed by atoms with E-state index >= 15 is 0 Å². The Morgan fingerprint density at radius 2 is 1.73 bits per heavy atom. The summed E-state index contributed by atoms with van der Waals surface area (Å²) in [4.78, 5) is 22.9. The Kier molecular flexibility index (Phi) is 6.30. The summed E-state index contributed by atoms with van der Waals surface area (Å²) in [5.74, 6) is -1.63. The number of rotatable bonds is 5. The summed E-state index contributed by atoms with van der Waals surface area (Å²) in [5.41, 5.74) is -0.900. The molecule has 10 heteroatoms. The lowest BCUT2D eigenvalue weighted by Crippen LogP contribution is -2.20. The average Bonchev–Trinajstić information content (AvgIpc) is 2.53. The van der Waals surface area contributed by atoms with E-state index in [0.29, 0.717) is 8.95 Å². The molecule has 138 valence electrons. The molecule has 5 nitrogen and oxygen atoms in total. The molecule has 0 heterocycles. The Hall–Kier alpha value is -2.07. The van der Waals surface area contributed by atoms with Gasteiger partial charge in [0.15, 0.2) is 6.61 Å². The normalized spacial score (nSPS) is 11.1. The SMILES string of the molecule is O=C(COc1c(Br)cc(C(=O)O)cc1Br)Nc1cccc(C(F)(F)F)c1. The van der Waals surface area contributed by atoms with Gasteiger partial charge in [0, 0.05) is 5.69 Å². The minimum atomic E-state index is -4.52. The standard InChI is InChI=1S/C16H10Br2F3NO4/c17-11-4-8(15(24)25)5-12(18)14(11)26-7-13(23)22-10-3-1-2-9(6-10)16(19,20)21/h1-6H,7H2,(H,22,23)(H,24,25). The van der Waals surface area contributed by atoms with Gasteiger partial charge in [-0.25, -0.2) is 4.79 Å². The minimum Gasteiger partial charge on any atom is -0.481 e. The van der Waals surface area contributed by atoms with Crippen molar-refractivity contribution in [3.63, 3.8) is 0 Å². The first-order valence-corrected chi connectivity index (χ1v) is 8.49. The van der Waals surface area contributed by atoms with Gasteiger partial charge in [0.1, 0.15) is 5.75 Å². The van der Waals surface area contributed by atoms with Gasteiger partial charge in [-0.15, -0.1) is 0 Å². The molecule has 26 heavy (non-hydrogen) atoms. The van der Waals surface area contributed by atoms with Crippen molar-refractivity contribution in [2.45, 2.75) is 6.18 Å². The lowest BCUT2D eigenvalue weighted by atomic mass is 10.2. The topological polar surface area (TPSA) is 75.6 Å². The van der Waals surface area contributed by atoms with Crippen LogP contribution in [-0.4, -0.2) is 23.6 Å². The number of nitrogens with one attached hydrogen (secondary N) is 1. The summed E-state index contributed by atoms with van der Waals surface area (Å²) >= 11 is 6.28.